The van der Waals surface area contributed by atoms with E-state index < -0.39 is 6.04 Å². The van der Waals surface area contributed by atoms with Gasteiger partial charge in [-0.25, -0.2) is 9.97 Å². The van der Waals surface area contributed by atoms with Gasteiger partial charge in [-0.3, -0.25) is 23.7 Å². The molecule has 51 heavy (non-hydrogen) atoms. The largest absolute Gasteiger partial charge is 0.481 e. The first kappa shape index (κ1) is 36.0. The summed E-state index contributed by atoms with van der Waals surface area (Å²) in [6, 6.07) is 18.7. The first-order chi connectivity index (χ1) is 24.6. The number of aromatic nitrogens is 3. The zero-order valence-electron chi connectivity index (χ0n) is 28.8. The van der Waals surface area contributed by atoms with E-state index in [9.17, 15) is 14.4 Å². The fourth-order valence-electron chi connectivity index (χ4n) is 6.25. The number of halogens is 2. The minimum atomic E-state index is -0.409. The maximum absolute atomic E-state index is 13.4. The van der Waals surface area contributed by atoms with Crippen molar-refractivity contribution in [1.82, 2.24) is 35.2 Å². The second-order valence-corrected chi connectivity index (χ2v) is 13.3. The van der Waals surface area contributed by atoms with Crippen molar-refractivity contribution in [3.8, 4) is 39.4 Å². The Bertz CT molecular complexity index is 2170. The molecule has 1 saturated heterocycles. The van der Waals surface area contributed by atoms with Crippen LogP contribution in [-0.4, -0.2) is 70.9 Å². The molecular formula is C38H39Cl2N7O4. The molecule has 5 aromatic rings. The van der Waals surface area contributed by atoms with Gasteiger partial charge in [-0.05, 0) is 44.2 Å². The van der Waals surface area contributed by atoms with Crippen LogP contribution < -0.4 is 26.2 Å². The molecule has 6 rings (SSSR count). The number of ether oxygens (including phenoxy) is 1. The highest BCUT2D eigenvalue weighted by atomic mass is 35.5. The lowest BCUT2D eigenvalue weighted by Crippen LogP contribution is -2.42. The Labute approximate surface area is 306 Å². The van der Waals surface area contributed by atoms with Crippen LogP contribution >= 0.6 is 23.2 Å². The third-order valence-corrected chi connectivity index (χ3v) is 10.1. The molecule has 0 spiro atoms. The van der Waals surface area contributed by atoms with Gasteiger partial charge in [-0.1, -0.05) is 65.7 Å². The molecule has 2 amide bonds. The summed E-state index contributed by atoms with van der Waals surface area (Å²) in [7, 11) is 4.96. The van der Waals surface area contributed by atoms with Crippen molar-refractivity contribution < 1.29 is 14.3 Å². The van der Waals surface area contributed by atoms with Gasteiger partial charge in [0.25, 0.3) is 5.56 Å². The lowest BCUT2D eigenvalue weighted by Gasteiger charge is -2.22. The summed E-state index contributed by atoms with van der Waals surface area (Å²) in [5.74, 6) is 0.442. The third kappa shape index (κ3) is 7.62. The van der Waals surface area contributed by atoms with Gasteiger partial charge in [0.15, 0.2) is 0 Å². The standard InChI is InChI=1S/C38H39Cl2N7O4/c1-22(36(49)41-2)46(3)21-25-19-43-32-17-23(15-16-47(32)38(25)50)27-7-5-8-28(34(27)39)29-9-6-10-30(35(29)40)31-13-11-24(37(45-31)51-4)18-42-20-26-12-14-33(48)44-26/h5-11,13,15-17,19,22,26,42H,12,14,18,20-21H2,1-4H3,(H,41,49)(H,44,48)/t22-,26-/m1/s1. The first-order valence-corrected chi connectivity index (χ1v) is 17.4. The normalized spacial score (nSPS) is 14.9. The van der Waals surface area contributed by atoms with Gasteiger partial charge < -0.3 is 20.7 Å². The molecule has 2 atom stereocenters. The number of fused-ring (bicyclic) bond motifs is 1. The number of methoxy groups -OCH3 is 1. The van der Waals surface area contributed by atoms with E-state index in [4.69, 9.17) is 32.9 Å². The second-order valence-electron chi connectivity index (χ2n) is 12.6. The summed E-state index contributed by atoms with van der Waals surface area (Å²) in [5, 5.41) is 9.97. The minimum Gasteiger partial charge on any atom is -0.481 e. The van der Waals surface area contributed by atoms with Gasteiger partial charge in [-0.2, -0.15) is 0 Å². The Balaban J connectivity index is 1.25. The van der Waals surface area contributed by atoms with Gasteiger partial charge in [0, 0.05) is 79.4 Å². The molecule has 1 aliphatic heterocycles. The van der Waals surface area contributed by atoms with Crippen molar-refractivity contribution in [1.29, 1.82) is 0 Å². The lowest BCUT2D eigenvalue weighted by atomic mass is 9.97. The average Bonchev–Trinajstić information content (AvgIpc) is 3.56. The number of pyridine rings is 2. The molecule has 0 unspecified atom stereocenters. The van der Waals surface area contributed by atoms with E-state index in [1.807, 2.05) is 60.7 Å². The molecule has 4 heterocycles. The number of carbonyl (C=O) groups is 2. The molecule has 0 aliphatic carbocycles. The van der Waals surface area contributed by atoms with Crippen molar-refractivity contribution in [2.24, 2.45) is 0 Å². The van der Waals surface area contributed by atoms with E-state index in [1.165, 1.54) is 4.40 Å². The lowest BCUT2D eigenvalue weighted by molar-refractivity contribution is -0.125. The van der Waals surface area contributed by atoms with Crippen molar-refractivity contribution in [3.05, 3.63) is 105 Å². The molecule has 3 aromatic heterocycles. The topological polar surface area (TPSA) is 130 Å². The van der Waals surface area contributed by atoms with E-state index in [0.717, 1.165) is 39.8 Å². The maximum Gasteiger partial charge on any atom is 0.262 e. The number of nitrogens with one attached hydrogen (secondary N) is 3. The fraction of sp³-hybridized carbons (Fsp3) is 0.289. The number of nitrogens with zero attached hydrogens (tertiary/aromatic N) is 4. The van der Waals surface area contributed by atoms with Crippen molar-refractivity contribution in [3.63, 3.8) is 0 Å². The van der Waals surface area contributed by atoms with E-state index in [2.05, 4.69) is 20.9 Å². The summed E-state index contributed by atoms with van der Waals surface area (Å²) in [6.07, 6.45) is 4.63. The Hall–Kier alpha value is -4.81. The van der Waals surface area contributed by atoms with E-state index in [1.54, 1.807) is 45.4 Å². The van der Waals surface area contributed by atoms with Gasteiger partial charge >= 0.3 is 0 Å². The molecule has 264 valence electrons. The second kappa shape index (κ2) is 15.6. The maximum atomic E-state index is 13.4. The van der Waals surface area contributed by atoms with Crippen LogP contribution in [0.1, 0.15) is 30.9 Å². The van der Waals surface area contributed by atoms with Crippen LogP contribution in [0, 0.1) is 0 Å². The Morgan fingerprint density at radius 3 is 2.43 bits per heavy atom. The number of benzene rings is 2. The van der Waals surface area contributed by atoms with Crippen LogP contribution in [-0.2, 0) is 22.7 Å². The van der Waals surface area contributed by atoms with Crippen LogP contribution in [0.25, 0.3) is 39.2 Å². The summed E-state index contributed by atoms with van der Waals surface area (Å²) in [4.78, 5) is 48.1. The fourth-order valence-corrected chi connectivity index (χ4v) is 6.91. The molecule has 2 aromatic carbocycles. The van der Waals surface area contributed by atoms with Crippen LogP contribution in [0.3, 0.4) is 0 Å². The van der Waals surface area contributed by atoms with E-state index in [0.29, 0.717) is 52.3 Å². The zero-order chi connectivity index (χ0) is 36.2. The van der Waals surface area contributed by atoms with E-state index >= 15 is 0 Å². The highest BCUT2D eigenvalue weighted by Gasteiger charge is 2.22. The molecule has 0 bridgehead atoms. The monoisotopic (exact) mass is 727 g/mol. The Morgan fingerprint density at radius 1 is 1.04 bits per heavy atom. The number of likely N-dealkylation sites (N-methyl/N-ethyl adjacent to an activating group) is 2. The summed E-state index contributed by atoms with van der Waals surface area (Å²) >= 11 is 14.2. The van der Waals surface area contributed by atoms with Crippen LogP contribution in [0.15, 0.2) is 77.9 Å². The van der Waals surface area contributed by atoms with Crippen LogP contribution in [0.4, 0.5) is 0 Å². The smallest absolute Gasteiger partial charge is 0.262 e. The molecular weight excluding hydrogens is 689 g/mol. The van der Waals surface area contributed by atoms with Crippen molar-refractivity contribution in [2.75, 3.05) is 27.7 Å². The molecule has 0 saturated carbocycles. The van der Waals surface area contributed by atoms with E-state index in [-0.39, 0.29) is 30.0 Å². The summed E-state index contributed by atoms with van der Waals surface area (Å²) < 4.78 is 7.13. The molecule has 13 heteroatoms. The molecule has 3 N–H and O–H groups in total. The number of hydrogen-bond acceptors (Lipinski definition) is 8. The van der Waals surface area contributed by atoms with Crippen LogP contribution in [0.5, 0.6) is 5.88 Å². The number of hydrogen-bond donors (Lipinski definition) is 3. The summed E-state index contributed by atoms with van der Waals surface area (Å²) in [5.41, 5.74) is 6.01. The van der Waals surface area contributed by atoms with Crippen molar-refractivity contribution >= 4 is 40.7 Å². The van der Waals surface area contributed by atoms with Gasteiger partial charge in [0.1, 0.15) is 5.65 Å². The predicted molar refractivity (Wildman–Crippen MR) is 200 cm³/mol. The van der Waals surface area contributed by atoms with Gasteiger partial charge in [0.05, 0.1) is 34.5 Å². The molecule has 1 fully saturated rings. The van der Waals surface area contributed by atoms with Gasteiger partial charge in [-0.15, -0.1) is 0 Å². The highest BCUT2D eigenvalue weighted by Crippen LogP contribution is 2.42. The zero-order valence-corrected chi connectivity index (χ0v) is 30.3. The first-order valence-electron chi connectivity index (χ1n) is 16.6. The Morgan fingerprint density at radius 2 is 1.75 bits per heavy atom. The Kier molecular flexibility index (Phi) is 11.0. The number of rotatable bonds is 12. The van der Waals surface area contributed by atoms with Crippen molar-refractivity contribution in [2.45, 2.75) is 44.9 Å². The third-order valence-electron chi connectivity index (χ3n) is 9.29. The molecule has 0 radical (unpaired) electrons. The minimum absolute atomic E-state index is 0.0897. The number of carbonyl (C=O) groups excluding carboxylic acids is 2. The van der Waals surface area contributed by atoms with Crippen LogP contribution in [0.2, 0.25) is 10.0 Å². The van der Waals surface area contributed by atoms with Gasteiger partial charge in [0.2, 0.25) is 17.7 Å². The highest BCUT2D eigenvalue weighted by molar-refractivity contribution is 6.39. The average molecular weight is 729 g/mol. The number of amides is 2. The SMILES string of the molecule is CNC(=O)[C@@H](C)N(C)Cc1cnc2cc(-c3cccc(-c4cccc(-c5ccc(CNC[C@H]6CCC(=O)N6)c(OC)n5)c4Cl)c3Cl)ccn2c1=O. The summed E-state index contributed by atoms with van der Waals surface area (Å²) in [6.45, 7) is 3.25. The molecule has 11 nitrogen and oxygen atoms in total. The molecule has 1 aliphatic rings. The quantitative estimate of drug-likeness (QED) is 0.157. The predicted octanol–water partition coefficient (Wildman–Crippen LogP) is 5.34.